The number of carbonyl (C=O) groups is 3. The number of amides is 2. The summed E-state index contributed by atoms with van der Waals surface area (Å²) in [5.74, 6) is -0.561. The quantitative estimate of drug-likeness (QED) is 0.427. The van der Waals surface area contributed by atoms with Crippen molar-refractivity contribution in [1.29, 1.82) is 0 Å². The molecule has 31 heavy (non-hydrogen) atoms. The van der Waals surface area contributed by atoms with Gasteiger partial charge in [-0.25, -0.2) is 4.98 Å². The fourth-order valence-corrected chi connectivity index (χ4v) is 3.50. The molecule has 0 fully saturated rings. The van der Waals surface area contributed by atoms with Crippen molar-refractivity contribution in [2.75, 3.05) is 13.1 Å². The topological polar surface area (TPSA) is 101 Å². The van der Waals surface area contributed by atoms with E-state index in [9.17, 15) is 14.4 Å². The molecule has 0 bridgehead atoms. The summed E-state index contributed by atoms with van der Waals surface area (Å²) in [7, 11) is 0. The van der Waals surface area contributed by atoms with Crippen LogP contribution in [0.2, 0.25) is 0 Å². The lowest BCUT2D eigenvalue weighted by Gasteiger charge is -2.17. The number of hydrogen-bond acceptors (Lipinski definition) is 5. The lowest BCUT2D eigenvalue weighted by atomic mass is 9.91. The van der Waals surface area contributed by atoms with E-state index in [1.54, 1.807) is 18.2 Å². The van der Waals surface area contributed by atoms with Crippen molar-refractivity contribution in [3.8, 4) is 0 Å². The van der Waals surface area contributed by atoms with Crippen LogP contribution in [-0.4, -0.2) is 36.2 Å². The minimum absolute atomic E-state index is 0.0222. The first-order valence-electron chi connectivity index (χ1n) is 10.5. The maximum Gasteiger partial charge on any atom is 0.251 e. The van der Waals surface area contributed by atoms with Crippen LogP contribution in [0.15, 0.2) is 65.0 Å². The van der Waals surface area contributed by atoms with Gasteiger partial charge in [-0.15, -0.1) is 0 Å². The molecule has 0 saturated carbocycles. The maximum atomic E-state index is 12.5. The Balaban J connectivity index is 1.44. The Morgan fingerprint density at radius 1 is 1.16 bits per heavy atom. The summed E-state index contributed by atoms with van der Waals surface area (Å²) in [5, 5.41) is 5.59. The van der Waals surface area contributed by atoms with Gasteiger partial charge < -0.3 is 19.8 Å². The number of rotatable bonds is 11. The predicted molar refractivity (Wildman–Crippen MR) is 118 cm³/mol. The standard InChI is InChI=1S/C24H27N3O4/c28-15-14-26-24(30)20(18-8-4-1-2-5-9-18)10-6-3-7-13-25-23(29)19-11-12-22-21(16-19)27-17-31-22/h1,4-5,8-9,11-12,15-17,20H,2-3,6-7,10,13-14H2,(H,25,29)(H,26,30). The third kappa shape index (κ3) is 6.50. The Labute approximate surface area is 181 Å². The molecule has 1 aromatic carbocycles. The minimum atomic E-state index is -0.289. The first-order valence-corrected chi connectivity index (χ1v) is 10.5. The van der Waals surface area contributed by atoms with Crippen LogP contribution < -0.4 is 10.6 Å². The van der Waals surface area contributed by atoms with Gasteiger partial charge in [0.1, 0.15) is 11.8 Å². The van der Waals surface area contributed by atoms with Crippen molar-refractivity contribution in [3.63, 3.8) is 0 Å². The molecule has 7 nitrogen and oxygen atoms in total. The van der Waals surface area contributed by atoms with Crippen LogP contribution >= 0.6 is 0 Å². The van der Waals surface area contributed by atoms with Gasteiger partial charge in [0, 0.05) is 12.1 Å². The molecule has 2 amide bonds. The SMILES string of the molecule is O=CCNC(=O)C(CCCCCNC(=O)c1ccc2ocnc2c1)C1=CC=CCC=C1. The number of nitrogens with one attached hydrogen (secondary N) is 2. The molecule has 0 aliphatic heterocycles. The van der Waals surface area contributed by atoms with E-state index in [0.717, 1.165) is 31.3 Å². The van der Waals surface area contributed by atoms with Crippen LogP contribution in [0.25, 0.3) is 11.1 Å². The average molecular weight is 421 g/mol. The van der Waals surface area contributed by atoms with Crippen molar-refractivity contribution >= 4 is 29.2 Å². The number of carbonyl (C=O) groups excluding carboxylic acids is 3. The van der Waals surface area contributed by atoms with Gasteiger partial charge in [0.05, 0.1) is 12.5 Å². The van der Waals surface area contributed by atoms with E-state index >= 15 is 0 Å². The molecule has 3 rings (SSSR count). The Bertz CT molecular complexity index is 1000. The van der Waals surface area contributed by atoms with Crippen molar-refractivity contribution < 1.29 is 18.8 Å². The zero-order chi connectivity index (χ0) is 21.9. The maximum absolute atomic E-state index is 12.5. The second kappa shape index (κ2) is 11.6. The summed E-state index contributed by atoms with van der Waals surface area (Å²) in [5.41, 5.74) is 2.81. The van der Waals surface area contributed by atoms with Crippen molar-refractivity contribution in [2.24, 2.45) is 5.92 Å². The Kier molecular flexibility index (Phi) is 8.34. The molecular formula is C24H27N3O4. The van der Waals surface area contributed by atoms with Gasteiger partial charge in [-0.1, -0.05) is 43.2 Å². The van der Waals surface area contributed by atoms with E-state index in [1.807, 2.05) is 30.4 Å². The number of aromatic nitrogens is 1. The monoisotopic (exact) mass is 421 g/mol. The number of aldehydes is 1. The van der Waals surface area contributed by atoms with E-state index in [1.165, 1.54) is 6.39 Å². The van der Waals surface area contributed by atoms with E-state index in [4.69, 9.17) is 4.42 Å². The molecule has 1 heterocycles. The van der Waals surface area contributed by atoms with Crippen LogP contribution in [0.4, 0.5) is 0 Å². The highest BCUT2D eigenvalue weighted by molar-refractivity contribution is 5.97. The minimum Gasteiger partial charge on any atom is -0.443 e. The molecule has 162 valence electrons. The van der Waals surface area contributed by atoms with E-state index in [-0.39, 0.29) is 24.3 Å². The molecule has 2 aromatic rings. The summed E-state index contributed by atoms with van der Waals surface area (Å²) < 4.78 is 5.19. The second-order valence-corrected chi connectivity index (χ2v) is 7.34. The molecular weight excluding hydrogens is 394 g/mol. The lowest BCUT2D eigenvalue weighted by Crippen LogP contribution is -2.32. The summed E-state index contributed by atoms with van der Waals surface area (Å²) in [6.07, 6.45) is 16.1. The molecule has 1 atom stereocenters. The number of hydrogen-bond donors (Lipinski definition) is 2. The van der Waals surface area contributed by atoms with Crippen molar-refractivity contribution in [3.05, 3.63) is 66.1 Å². The van der Waals surface area contributed by atoms with Crippen LogP contribution in [0, 0.1) is 5.92 Å². The fourth-order valence-electron chi connectivity index (χ4n) is 3.50. The summed E-state index contributed by atoms with van der Waals surface area (Å²) in [6.45, 7) is 0.581. The molecule has 0 saturated heterocycles. The Morgan fingerprint density at radius 2 is 2.06 bits per heavy atom. The van der Waals surface area contributed by atoms with Crippen LogP contribution in [-0.2, 0) is 9.59 Å². The van der Waals surface area contributed by atoms with Gasteiger partial charge >= 0.3 is 0 Å². The molecule has 2 N–H and O–H groups in total. The zero-order valence-corrected chi connectivity index (χ0v) is 17.4. The van der Waals surface area contributed by atoms with Gasteiger partial charge in [0.2, 0.25) is 5.91 Å². The van der Waals surface area contributed by atoms with E-state index < -0.39 is 0 Å². The van der Waals surface area contributed by atoms with Crippen molar-refractivity contribution in [2.45, 2.75) is 32.1 Å². The predicted octanol–water partition coefficient (Wildman–Crippen LogP) is 3.49. The normalized spacial score (nSPS) is 14.0. The number of oxazole rings is 1. The average Bonchev–Trinajstić information content (AvgIpc) is 3.10. The van der Waals surface area contributed by atoms with Crippen molar-refractivity contribution in [1.82, 2.24) is 15.6 Å². The molecule has 7 heteroatoms. The van der Waals surface area contributed by atoms with E-state index in [0.29, 0.717) is 35.9 Å². The van der Waals surface area contributed by atoms with Crippen LogP contribution in [0.3, 0.4) is 0 Å². The number of fused-ring (bicyclic) bond motifs is 1. The third-order valence-corrected chi connectivity index (χ3v) is 5.13. The highest BCUT2D eigenvalue weighted by Crippen LogP contribution is 2.22. The van der Waals surface area contributed by atoms with E-state index in [2.05, 4.69) is 15.6 Å². The first-order chi connectivity index (χ1) is 15.2. The first kappa shape index (κ1) is 22.2. The molecule has 1 aliphatic rings. The van der Waals surface area contributed by atoms with Gasteiger partial charge in [0.25, 0.3) is 5.91 Å². The van der Waals surface area contributed by atoms with Crippen LogP contribution in [0.5, 0.6) is 0 Å². The Hall–Kier alpha value is -3.48. The number of unbranched alkanes of at least 4 members (excludes halogenated alkanes) is 2. The smallest absolute Gasteiger partial charge is 0.251 e. The third-order valence-electron chi connectivity index (χ3n) is 5.13. The second-order valence-electron chi connectivity index (χ2n) is 7.34. The van der Waals surface area contributed by atoms with Gasteiger partial charge in [-0.2, -0.15) is 0 Å². The molecule has 1 aliphatic carbocycles. The largest absolute Gasteiger partial charge is 0.443 e. The fraction of sp³-hybridized carbons (Fsp3) is 0.333. The Morgan fingerprint density at radius 3 is 2.94 bits per heavy atom. The number of nitrogens with zero attached hydrogens (tertiary/aromatic N) is 1. The summed E-state index contributed by atoms with van der Waals surface area (Å²) in [4.78, 5) is 39.5. The zero-order valence-electron chi connectivity index (χ0n) is 17.4. The van der Waals surface area contributed by atoms with Crippen LogP contribution in [0.1, 0.15) is 42.5 Å². The van der Waals surface area contributed by atoms with Gasteiger partial charge in [-0.05, 0) is 43.0 Å². The molecule has 1 unspecified atom stereocenters. The van der Waals surface area contributed by atoms with Gasteiger partial charge in [-0.3, -0.25) is 9.59 Å². The lowest BCUT2D eigenvalue weighted by molar-refractivity contribution is -0.125. The molecule has 0 spiro atoms. The summed E-state index contributed by atoms with van der Waals surface area (Å²) >= 11 is 0. The van der Waals surface area contributed by atoms with Gasteiger partial charge in [0.15, 0.2) is 12.0 Å². The highest BCUT2D eigenvalue weighted by Gasteiger charge is 2.20. The number of benzene rings is 1. The molecule has 0 radical (unpaired) electrons. The highest BCUT2D eigenvalue weighted by atomic mass is 16.3. The number of allylic oxidation sites excluding steroid dienone is 5. The molecule has 1 aromatic heterocycles. The summed E-state index contributed by atoms with van der Waals surface area (Å²) in [6, 6.07) is 5.16.